The van der Waals surface area contributed by atoms with E-state index in [1.54, 1.807) is 32.9 Å². The minimum absolute atomic E-state index is 0.00474. The molecular weight excluding hydrogens is 234 g/mol. The van der Waals surface area contributed by atoms with E-state index in [4.69, 9.17) is 14.7 Å². The predicted octanol–water partition coefficient (Wildman–Crippen LogP) is 1.83. The van der Waals surface area contributed by atoms with Gasteiger partial charge in [-0.3, -0.25) is 9.59 Å². The van der Waals surface area contributed by atoms with Gasteiger partial charge in [0.05, 0.1) is 25.7 Å². The number of nitrogens with zero attached hydrogens (tertiary/aromatic N) is 1. The van der Waals surface area contributed by atoms with Gasteiger partial charge < -0.3 is 9.47 Å². The second kappa shape index (κ2) is 9.23. The maximum absolute atomic E-state index is 11.6. The van der Waals surface area contributed by atoms with Gasteiger partial charge in [-0.05, 0) is 20.8 Å². The van der Waals surface area contributed by atoms with Crippen LogP contribution in [-0.2, 0) is 19.1 Å². The molecule has 0 aromatic heterocycles. The molecule has 100 valence electrons. The maximum Gasteiger partial charge on any atom is 0.323 e. The van der Waals surface area contributed by atoms with Crippen LogP contribution in [-0.4, -0.2) is 25.2 Å². The second-order valence-electron chi connectivity index (χ2n) is 3.56. The van der Waals surface area contributed by atoms with E-state index in [0.717, 1.165) is 0 Å². The Morgan fingerprint density at radius 3 is 2.33 bits per heavy atom. The summed E-state index contributed by atoms with van der Waals surface area (Å²) < 4.78 is 9.64. The molecule has 0 saturated heterocycles. The molecule has 0 heterocycles. The third-order valence-corrected chi connectivity index (χ3v) is 2.26. The Morgan fingerprint density at radius 1 is 1.28 bits per heavy atom. The van der Waals surface area contributed by atoms with Crippen molar-refractivity contribution in [1.82, 2.24) is 0 Å². The third kappa shape index (κ3) is 5.48. The average Bonchev–Trinajstić information content (AvgIpc) is 2.30. The molecule has 0 rings (SSSR count). The number of hydrogen-bond donors (Lipinski definition) is 0. The zero-order valence-electron chi connectivity index (χ0n) is 11.0. The molecule has 0 saturated carbocycles. The maximum atomic E-state index is 11.6. The molecule has 5 nitrogen and oxygen atoms in total. The highest BCUT2D eigenvalue weighted by Gasteiger charge is 2.29. The fourth-order valence-electron chi connectivity index (χ4n) is 1.51. The molecule has 0 amide bonds. The van der Waals surface area contributed by atoms with E-state index in [0.29, 0.717) is 0 Å². The molecule has 0 bridgehead atoms. The molecule has 5 heteroatoms. The molecule has 0 fully saturated rings. The van der Waals surface area contributed by atoms with E-state index in [2.05, 4.69) is 0 Å². The molecule has 0 spiro atoms. The fourth-order valence-corrected chi connectivity index (χ4v) is 1.51. The lowest BCUT2D eigenvalue weighted by molar-refractivity contribution is -0.148. The number of carbonyl (C=O) groups excluding carboxylic acids is 2. The molecule has 2 unspecified atom stereocenters. The SMILES string of the molecule is C/C=C/C(CC(=O)OCC)C(C#N)C(=O)OCC. The summed E-state index contributed by atoms with van der Waals surface area (Å²) >= 11 is 0. The van der Waals surface area contributed by atoms with E-state index in [1.165, 1.54) is 0 Å². The highest BCUT2D eigenvalue weighted by atomic mass is 16.5. The second-order valence-corrected chi connectivity index (χ2v) is 3.56. The number of nitriles is 1. The number of rotatable bonds is 7. The number of allylic oxidation sites excluding steroid dienone is 2. The van der Waals surface area contributed by atoms with Crippen molar-refractivity contribution in [1.29, 1.82) is 5.26 Å². The Kier molecular flexibility index (Phi) is 8.29. The largest absolute Gasteiger partial charge is 0.466 e. The Morgan fingerprint density at radius 2 is 1.89 bits per heavy atom. The summed E-state index contributed by atoms with van der Waals surface area (Å²) in [5.74, 6) is -2.53. The molecule has 0 radical (unpaired) electrons. The third-order valence-electron chi connectivity index (χ3n) is 2.26. The van der Waals surface area contributed by atoms with Gasteiger partial charge in [0.2, 0.25) is 0 Å². The average molecular weight is 253 g/mol. The van der Waals surface area contributed by atoms with Gasteiger partial charge in [-0.2, -0.15) is 5.26 Å². The van der Waals surface area contributed by atoms with E-state index < -0.39 is 23.8 Å². The Bertz CT molecular complexity index is 343. The molecular formula is C13H19NO4. The van der Waals surface area contributed by atoms with E-state index in [1.807, 2.05) is 6.07 Å². The van der Waals surface area contributed by atoms with Crippen molar-refractivity contribution in [3.63, 3.8) is 0 Å². The standard InChI is InChI=1S/C13H19NO4/c1-4-7-10(8-12(15)17-5-2)11(9-14)13(16)18-6-3/h4,7,10-11H,5-6,8H2,1-3H3/b7-4+. The van der Waals surface area contributed by atoms with E-state index in [-0.39, 0.29) is 19.6 Å². The van der Waals surface area contributed by atoms with Crippen LogP contribution in [0.15, 0.2) is 12.2 Å². The van der Waals surface area contributed by atoms with Crippen LogP contribution in [0.3, 0.4) is 0 Å². The van der Waals surface area contributed by atoms with Crippen LogP contribution in [0, 0.1) is 23.2 Å². The van der Waals surface area contributed by atoms with Crippen molar-refractivity contribution >= 4 is 11.9 Å². The van der Waals surface area contributed by atoms with E-state index in [9.17, 15) is 9.59 Å². The van der Waals surface area contributed by atoms with Crippen molar-refractivity contribution in [2.24, 2.45) is 11.8 Å². The van der Waals surface area contributed by atoms with Crippen LogP contribution in [0.4, 0.5) is 0 Å². The van der Waals surface area contributed by atoms with Gasteiger partial charge in [0, 0.05) is 5.92 Å². The monoisotopic (exact) mass is 253 g/mol. The molecule has 2 atom stereocenters. The van der Waals surface area contributed by atoms with Gasteiger partial charge in [-0.25, -0.2) is 0 Å². The zero-order chi connectivity index (χ0) is 14.0. The summed E-state index contributed by atoms with van der Waals surface area (Å²) in [4.78, 5) is 23.0. The summed E-state index contributed by atoms with van der Waals surface area (Å²) in [5, 5.41) is 9.03. The van der Waals surface area contributed by atoms with Crippen molar-refractivity contribution in [3.05, 3.63) is 12.2 Å². The molecule has 0 N–H and O–H groups in total. The Balaban J connectivity index is 4.79. The molecule has 0 aromatic carbocycles. The number of ether oxygens (including phenoxy) is 2. The van der Waals surface area contributed by atoms with Gasteiger partial charge in [0.25, 0.3) is 0 Å². The molecule has 0 aliphatic heterocycles. The first-order chi connectivity index (χ1) is 8.60. The first kappa shape index (κ1) is 16.2. The summed E-state index contributed by atoms with van der Waals surface area (Å²) in [6, 6.07) is 1.89. The lowest BCUT2D eigenvalue weighted by Gasteiger charge is -2.16. The van der Waals surface area contributed by atoms with Gasteiger partial charge in [-0.1, -0.05) is 12.2 Å². The van der Waals surface area contributed by atoms with Crippen molar-refractivity contribution in [2.45, 2.75) is 27.2 Å². The van der Waals surface area contributed by atoms with Gasteiger partial charge in [0.1, 0.15) is 0 Å². The highest BCUT2D eigenvalue weighted by Crippen LogP contribution is 2.20. The van der Waals surface area contributed by atoms with Gasteiger partial charge in [0.15, 0.2) is 5.92 Å². The first-order valence-electron chi connectivity index (χ1n) is 5.95. The van der Waals surface area contributed by atoms with Crippen LogP contribution in [0.5, 0.6) is 0 Å². The first-order valence-corrected chi connectivity index (χ1v) is 5.95. The number of carbonyl (C=O) groups is 2. The van der Waals surface area contributed by atoms with Gasteiger partial charge in [-0.15, -0.1) is 0 Å². The van der Waals surface area contributed by atoms with Crippen molar-refractivity contribution < 1.29 is 19.1 Å². The van der Waals surface area contributed by atoms with Crippen LogP contribution in [0.1, 0.15) is 27.2 Å². The molecule has 0 aliphatic carbocycles. The predicted molar refractivity (Wildman–Crippen MR) is 65.3 cm³/mol. The van der Waals surface area contributed by atoms with Crippen LogP contribution in [0.2, 0.25) is 0 Å². The molecule has 0 aromatic rings. The van der Waals surface area contributed by atoms with Crippen molar-refractivity contribution in [3.8, 4) is 6.07 Å². The smallest absolute Gasteiger partial charge is 0.323 e. The number of esters is 2. The lowest BCUT2D eigenvalue weighted by Crippen LogP contribution is -2.26. The minimum atomic E-state index is -0.981. The highest BCUT2D eigenvalue weighted by molar-refractivity contribution is 5.78. The number of hydrogen-bond acceptors (Lipinski definition) is 5. The van der Waals surface area contributed by atoms with E-state index >= 15 is 0 Å². The lowest BCUT2D eigenvalue weighted by atomic mass is 9.90. The van der Waals surface area contributed by atoms with Crippen LogP contribution < -0.4 is 0 Å². The minimum Gasteiger partial charge on any atom is -0.466 e. The van der Waals surface area contributed by atoms with Crippen LogP contribution in [0.25, 0.3) is 0 Å². The normalized spacial score (nSPS) is 13.7. The Labute approximate surface area is 107 Å². The summed E-state index contributed by atoms with van der Waals surface area (Å²) in [7, 11) is 0. The molecule has 0 aliphatic rings. The van der Waals surface area contributed by atoms with Crippen molar-refractivity contribution in [2.75, 3.05) is 13.2 Å². The quantitative estimate of drug-likeness (QED) is 0.511. The summed E-state index contributed by atoms with van der Waals surface area (Å²) in [5.41, 5.74) is 0. The summed E-state index contributed by atoms with van der Waals surface area (Å²) in [6.45, 7) is 5.62. The summed E-state index contributed by atoms with van der Waals surface area (Å²) in [6.07, 6.45) is 3.35. The van der Waals surface area contributed by atoms with Crippen LogP contribution >= 0.6 is 0 Å². The molecule has 18 heavy (non-hydrogen) atoms. The fraction of sp³-hybridized carbons (Fsp3) is 0.615. The Hall–Kier alpha value is -1.83. The topological polar surface area (TPSA) is 76.4 Å². The zero-order valence-corrected chi connectivity index (χ0v) is 11.0. The van der Waals surface area contributed by atoms with Gasteiger partial charge >= 0.3 is 11.9 Å².